The molecule has 27 heavy (non-hydrogen) atoms. The molecule has 0 bridgehead atoms. The van der Waals surface area contributed by atoms with Gasteiger partial charge in [-0.3, -0.25) is 19.5 Å². The second kappa shape index (κ2) is 7.99. The highest BCUT2D eigenvalue weighted by Gasteiger charge is 2.22. The third kappa shape index (κ3) is 4.41. The lowest BCUT2D eigenvalue weighted by Crippen LogP contribution is -2.27. The summed E-state index contributed by atoms with van der Waals surface area (Å²) in [5.41, 5.74) is 4.01. The minimum Gasteiger partial charge on any atom is -0.299 e. The highest BCUT2D eigenvalue weighted by Crippen LogP contribution is 2.21. The minimum absolute atomic E-state index is 0.120. The van der Waals surface area contributed by atoms with Gasteiger partial charge in [0.2, 0.25) is 5.13 Å². The summed E-state index contributed by atoms with van der Waals surface area (Å²) in [7, 11) is 0. The molecular weight excluding hydrogens is 362 g/mol. The van der Waals surface area contributed by atoms with Gasteiger partial charge >= 0.3 is 0 Å². The first-order valence-electron chi connectivity index (χ1n) is 9.04. The molecular formula is C18H25N7OS. The molecule has 0 saturated carbocycles. The number of aryl methyl sites for hydroxylation is 6. The van der Waals surface area contributed by atoms with E-state index in [0.717, 1.165) is 40.7 Å². The SMILES string of the molecule is CC[C@H](C(=O)Nc1nnc(CCn2nc(C)cc2C)s1)n1nc(C)cc1C. The number of nitrogens with zero attached hydrogens (tertiary/aromatic N) is 6. The average Bonchev–Trinajstić information content (AvgIpc) is 3.26. The van der Waals surface area contributed by atoms with Gasteiger partial charge in [-0.25, -0.2) is 0 Å². The molecule has 1 atom stereocenters. The number of carbonyl (C=O) groups excluding carboxylic acids is 1. The van der Waals surface area contributed by atoms with Crippen LogP contribution in [0.3, 0.4) is 0 Å². The van der Waals surface area contributed by atoms with E-state index in [1.54, 1.807) is 4.68 Å². The van der Waals surface area contributed by atoms with Gasteiger partial charge in [0.15, 0.2) is 0 Å². The molecule has 0 radical (unpaired) electrons. The number of amides is 1. The van der Waals surface area contributed by atoms with Crippen LogP contribution < -0.4 is 5.32 Å². The number of nitrogens with one attached hydrogen (secondary N) is 1. The van der Waals surface area contributed by atoms with Crippen LogP contribution in [-0.4, -0.2) is 35.7 Å². The molecule has 8 nitrogen and oxygen atoms in total. The average molecular weight is 388 g/mol. The maximum Gasteiger partial charge on any atom is 0.251 e. The number of carbonyl (C=O) groups is 1. The van der Waals surface area contributed by atoms with E-state index in [2.05, 4.69) is 31.8 Å². The Morgan fingerprint density at radius 3 is 2.41 bits per heavy atom. The maximum atomic E-state index is 12.7. The molecule has 0 fully saturated rings. The molecule has 0 aromatic carbocycles. The second-order valence-electron chi connectivity index (χ2n) is 6.69. The topological polar surface area (TPSA) is 90.5 Å². The van der Waals surface area contributed by atoms with Crippen molar-refractivity contribution in [2.45, 2.75) is 60.0 Å². The Morgan fingerprint density at radius 2 is 1.81 bits per heavy atom. The summed E-state index contributed by atoms with van der Waals surface area (Å²) in [5, 5.41) is 21.5. The third-order valence-corrected chi connectivity index (χ3v) is 5.27. The highest BCUT2D eigenvalue weighted by molar-refractivity contribution is 7.15. The van der Waals surface area contributed by atoms with Crippen LogP contribution >= 0.6 is 11.3 Å². The van der Waals surface area contributed by atoms with Crippen LogP contribution in [0.25, 0.3) is 0 Å². The van der Waals surface area contributed by atoms with Crippen LogP contribution in [0, 0.1) is 27.7 Å². The van der Waals surface area contributed by atoms with E-state index in [-0.39, 0.29) is 11.9 Å². The molecule has 144 valence electrons. The summed E-state index contributed by atoms with van der Waals surface area (Å²) in [6.07, 6.45) is 1.38. The molecule has 3 heterocycles. The molecule has 0 aliphatic rings. The van der Waals surface area contributed by atoms with Crippen molar-refractivity contribution >= 4 is 22.4 Å². The Kier molecular flexibility index (Phi) is 5.69. The van der Waals surface area contributed by atoms with E-state index in [1.165, 1.54) is 11.3 Å². The van der Waals surface area contributed by atoms with Gasteiger partial charge in [0.25, 0.3) is 5.91 Å². The summed E-state index contributed by atoms with van der Waals surface area (Å²) in [6, 6.07) is 3.66. The first-order chi connectivity index (χ1) is 12.9. The molecule has 0 saturated heterocycles. The number of anilines is 1. The first kappa shape index (κ1) is 19.2. The van der Waals surface area contributed by atoms with Gasteiger partial charge in [-0.1, -0.05) is 18.3 Å². The summed E-state index contributed by atoms with van der Waals surface area (Å²) >= 11 is 1.40. The van der Waals surface area contributed by atoms with Crippen LogP contribution in [0.5, 0.6) is 0 Å². The van der Waals surface area contributed by atoms with Gasteiger partial charge < -0.3 is 0 Å². The van der Waals surface area contributed by atoms with Crippen molar-refractivity contribution < 1.29 is 4.79 Å². The van der Waals surface area contributed by atoms with Crippen molar-refractivity contribution in [2.75, 3.05) is 5.32 Å². The largest absolute Gasteiger partial charge is 0.299 e. The van der Waals surface area contributed by atoms with E-state index in [9.17, 15) is 4.79 Å². The molecule has 9 heteroatoms. The van der Waals surface area contributed by atoms with E-state index in [0.29, 0.717) is 11.6 Å². The molecule has 3 aromatic heterocycles. The van der Waals surface area contributed by atoms with Crippen molar-refractivity contribution in [3.05, 3.63) is 39.9 Å². The molecule has 1 N–H and O–H groups in total. The Labute approximate surface area is 162 Å². The Hall–Kier alpha value is -2.55. The number of rotatable bonds is 7. The maximum absolute atomic E-state index is 12.7. The zero-order valence-corrected chi connectivity index (χ0v) is 17.2. The second-order valence-corrected chi connectivity index (χ2v) is 7.75. The summed E-state index contributed by atoms with van der Waals surface area (Å²) in [5.74, 6) is -0.120. The lowest BCUT2D eigenvalue weighted by atomic mass is 10.2. The van der Waals surface area contributed by atoms with Crippen LogP contribution in [0.1, 0.15) is 47.2 Å². The fourth-order valence-corrected chi connectivity index (χ4v) is 3.86. The highest BCUT2D eigenvalue weighted by atomic mass is 32.1. The van der Waals surface area contributed by atoms with Gasteiger partial charge in [0.1, 0.15) is 11.0 Å². The van der Waals surface area contributed by atoms with E-state index in [4.69, 9.17) is 0 Å². The van der Waals surface area contributed by atoms with Crippen LogP contribution in [-0.2, 0) is 17.8 Å². The molecule has 0 aliphatic heterocycles. The smallest absolute Gasteiger partial charge is 0.251 e. The summed E-state index contributed by atoms with van der Waals surface area (Å²) in [4.78, 5) is 12.7. The fourth-order valence-electron chi connectivity index (χ4n) is 3.13. The van der Waals surface area contributed by atoms with Gasteiger partial charge in [0, 0.05) is 24.4 Å². The minimum atomic E-state index is -0.360. The zero-order valence-electron chi connectivity index (χ0n) is 16.4. The predicted octanol–water partition coefficient (Wildman–Crippen LogP) is 3.00. The Bertz CT molecular complexity index is 940. The van der Waals surface area contributed by atoms with Gasteiger partial charge in [-0.15, -0.1) is 10.2 Å². The van der Waals surface area contributed by atoms with Crippen molar-refractivity contribution in [3.8, 4) is 0 Å². The number of hydrogen-bond donors (Lipinski definition) is 1. The van der Waals surface area contributed by atoms with Crippen LogP contribution in [0.2, 0.25) is 0 Å². The molecule has 1 amide bonds. The number of hydrogen-bond acceptors (Lipinski definition) is 6. The monoisotopic (exact) mass is 387 g/mol. The van der Waals surface area contributed by atoms with E-state index >= 15 is 0 Å². The summed E-state index contributed by atoms with van der Waals surface area (Å²) in [6.45, 7) is 10.6. The van der Waals surface area contributed by atoms with Crippen molar-refractivity contribution in [1.82, 2.24) is 29.8 Å². The van der Waals surface area contributed by atoms with Crippen molar-refractivity contribution in [2.24, 2.45) is 0 Å². The van der Waals surface area contributed by atoms with Crippen LogP contribution in [0.15, 0.2) is 12.1 Å². The molecule has 0 aliphatic carbocycles. The zero-order chi connectivity index (χ0) is 19.6. The molecule has 3 aromatic rings. The van der Waals surface area contributed by atoms with Crippen molar-refractivity contribution in [1.29, 1.82) is 0 Å². The van der Waals surface area contributed by atoms with Gasteiger partial charge in [-0.2, -0.15) is 10.2 Å². The lowest BCUT2D eigenvalue weighted by molar-refractivity contribution is -0.119. The van der Waals surface area contributed by atoms with E-state index < -0.39 is 0 Å². The van der Waals surface area contributed by atoms with Gasteiger partial charge in [0.05, 0.1) is 11.4 Å². The van der Waals surface area contributed by atoms with Crippen molar-refractivity contribution in [3.63, 3.8) is 0 Å². The standard InChI is InChI=1S/C18H25N7OS/c1-6-15(25-14(5)10-12(3)23-25)17(26)19-18-21-20-16(27-18)7-8-24-13(4)9-11(2)22-24/h9-10,15H,6-8H2,1-5H3,(H,19,21,26)/t15-/m1/s1. The molecule has 0 unspecified atom stereocenters. The van der Waals surface area contributed by atoms with Crippen LogP contribution in [0.4, 0.5) is 5.13 Å². The number of aromatic nitrogens is 6. The van der Waals surface area contributed by atoms with Gasteiger partial charge in [-0.05, 0) is 46.2 Å². The third-order valence-electron chi connectivity index (χ3n) is 4.37. The Morgan fingerprint density at radius 1 is 1.11 bits per heavy atom. The summed E-state index contributed by atoms with van der Waals surface area (Å²) < 4.78 is 3.74. The quantitative estimate of drug-likeness (QED) is 0.673. The normalized spacial score (nSPS) is 12.3. The lowest BCUT2D eigenvalue weighted by Gasteiger charge is -2.16. The predicted molar refractivity (Wildman–Crippen MR) is 105 cm³/mol. The fraction of sp³-hybridized carbons (Fsp3) is 0.500. The first-order valence-corrected chi connectivity index (χ1v) is 9.86. The Balaban J connectivity index is 1.63. The molecule has 3 rings (SSSR count). The van der Waals surface area contributed by atoms with E-state index in [1.807, 2.05) is 45.4 Å². The molecule has 0 spiro atoms.